The summed E-state index contributed by atoms with van der Waals surface area (Å²) in [5.74, 6) is 1.17. The number of piperidine rings is 1. The van der Waals surface area contributed by atoms with E-state index in [4.69, 9.17) is 4.99 Å². The van der Waals surface area contributed by atoms with Gasteiger partial charge in [0.2, 0.25) is 0 Å². The fraction of sp³-hybridized carbons (Fsp3) is 0.533. The van der Waals surface area contributed by atoms with E-state index in [1.54, 1.807) is 0 Å². The molecule has 1 aromatic carbocycles. The van der Waals surface area contributed by atoms with Crippen molar-refractivity contribution in [2.75, 3.05) is 13.1 Å². The number of benzene rings is 1. The molecule has 0 unspecified atom stereocenters. The molecule has 2 rings (SSSR count). The van der Waals surface area contributed by atoms with E-state index in [0.29, 0.717) is 0 Å². The number of aryl methyl sites for hydroxylation is 2. The van der Waals surface area contributed by atoms with Gasteiger partial charge in [-0.25, -0.2) is 4.99 Å². The van der Waals surface area contributed by atoms with E-state index in [1.807, 2.05) is 0 Å². The van der Waals surface area contributed by atoms with Crippen molar-refractivity contribution in [2.24, 2.45) is 4.99 Å². The number of amidine groups is 1. The lowest BCUT2D eigenvalue weighted by Gasteiger charge is -2.28. The van der Waals surface area contributed by atoms with E-state index in [2.05, 4.69) is 43.9 Å². The van der Waals surface area contributed by atoms with Gasteiger partial charge in [0.15, 0.2) is 0 Å². The van der Waals surface area contributed by atoms with Crippen LogP contribution in [0.1, 0.15) is 37.3 Å². The molecule has 0 N–H and O–H groups in total. The Morgan fingerprint density at radius 2 is 1.65 bits per heavy atom. The minimum Gasteiger partial charge on any atom is -0.360 e. The molecule has 92 valence electrons. The Morgan fingerprint density at radius 3 is 2.24 bits per heavy atom. The van der Waals surface area contributed by atoms with Crippen LogP contribution in [0, 0.1) is 13.8 Å². The molecule has 1 aromatic rings. The third-order valence-electron chi connectivity index (χ3n) is 3.53. The Hall–Kier alpha value is -1.31. The van der Waals surface area contributed by atoms with Gasteiger partial charge < -0.3 is 4.90 Å². The van der Waals surface area contributed by atoms with Crippen molar-refractivity contribution in [1.82, 2.24) is 4.90 Å². The van der Waals surface area contributed by atoms with Gasteiger partial charge in [0, 0.05) is 13.1 Å². The molecule has 2 nitrogen and oxygen atoms in total. The monoisotopic (exact) mass is 230 g/mol. The number of rotatable bonds is 1. The number of aliphatic imine (C=N–C) groups is 1. The van der Waals surface area contributed by atoms with E-state index in [0.717, 1.165) is 5.69 Å². The van der Waals surface area contributed by atoms with E-state index in [1.165, 1.54) is 49.3 Å². The van der Waals surface area contributed by atoms with Crippen molar-refractivity contribution in [3.63, 3.8) is 0 Å². The van der Waals surface area contributed by atoms with Crippen molar-refractivity contribution >= 4 is 11.5 Å². The van der Waals surface area contributed by atoms with Gasteiger partial charge in [-0.2, -0.15) is 0 Å². The first kappa shape index (κ1) is 12.2. The summed E-state index contributed by atoms with van der Waals surface area (Å²) in [5, 5.41) is 0. The van der Waals surface area contributed by atoms with Crippen LogP contribution < -0.4 is 0 Å². The predicted octanol–water partition coefficient (Wildman–Crippen LogP) is 3.84. The molecule has 0 amide bonds. The quantitative estimate of drug-likeness (QED) is 0.528. The molecule has 0 saturated carbocycles. The van der Waals surface area contributed by atoms with E-state index in [-0.39, 0.29) is 0 Å². The summed E-state index contributed by atoms with van der Waals surface area (Å²) in [6, 6.07) is 6.37. The smallest absolute Gasteiger partial charge is 0.102 e. The number of hydrogen-bond donors (Lipinski definition) is 0. The Kier molecular flexibility index (Phi) is 3.82. The molecule has 1 aliphatic heterocycles. The topological polar surface area (TPSA) is 15.6 Å². The highest BCUT2D eigenvalue weighted by Crippen LogP contribution is 2.24. The minimum absolute atomic E-state index is 1.15. The Bertz CT molecular complexity index is 395. The van der Waals surface area contributed by atoms with Gasteiger partial charge in [0.05, 0.1) is 5.69 Å². The Labute approximate surface area is 104 Å². The SMILES string of the molecule is CC(=Nc1c(C)cccc1C)N1CCCCC1. The van der Waals surface area contributed by atoms with Crippen LogP contribution in [-0.2, 0) is 0 Å². The fourth-order valence-corrected chi connectivity index (χ4v) is 2.43. The average Bonchev–Trinajstić information content (AvgIpc) is 2.35. The van der Waals surface area contributed by atoms with Crippen LogP contribution in [0.3, 0.4) is 0 Å². The molecular formula is C15H22N2. The number of para-hydroxylation sites is 1. The second-order valence-corrected chi connectivity index (χ2v) is 4.95. The summed E-state index contributed by atoms with van der Waals surface area (Å²) in [6.45, 7) is 8.74. The summed E-state index contributed by atoms with van der Waals surface area (Å²) in [5.41, 5.74) is 3.68. The molecule has 0 atom stereocenters. The third kappa shape index (κ3) is 2.87. The van der Waals surface area contributed by atoms with Crippen molar-refractivity contribution in [3.05, 3.63) is 29.3 Å². The molecule has 0 radical (unpaired) electrons. The summed E-state index contributed by atoms with van der Waals surface area (Å²) in [4.78, 5) is 7.24. The van der Waals surface area contributed by atoms with E-state index in [9.17, 15) is 0 Å². The standard InChI is InChI=1S/C15H22N2/c1-12-8-7-9-13(2)15(12)16-14(3)17-10-5-4-6-11-17/h7-9H,4-6,10-11H2,1-3H3. The molecule has 1 aliphatic rings. The molecule has 0 aliphatic carbocycles. The maximum absolute atomic E-state index is 4.82. The van der Waals surface area contributed by atoms with Gasteiger partial charge in [0.25, 0.3) is 0 Å². The zero-order valence-corrected chi connectivity index (χ0v) is 11.2. The minimum atomic E-state index is 1.15. The van der Waals surface area contributed by atoms with Gasteiger partial charge >= 0.3 is 0 Å². The van der Waals surface area contributed by atoms with Gasteiger partial charge in [-0.3, -0.25) is 0 Å². The van der Waals surface area contributed by atoms with Gasteiger partial charge in [0.1, 0.15) is 5.84 Å². The fourth-order valence-electron chi connectivity index (χ4n) is 2.43. The van der Waals surface area contributed by atoms with Crippen LogP contribution in [0.2, 0.25) is 0 Å². The van der Waals surface area contributed by atoms with Gasteiger partial charge in [-0.05, 0) is 51.2 Å². The molecule has 17 heavy (non-hydrogen) atoms. The van der Waals surface area contributed by atoms with Crippen molar-refractivity contribution < 1.29 is 0 Å². The molecule has 2 heteroatoms. The maximum Gasteiger partial charge on any atom is 0.102 e. The predicted molar refractivity (Wildman–Crippen MR) is 74.1 cm³/mol. The number of hydrogen-bond acceptors (Lipinski definition) is 1. The van der Waals surface area contributed by atoms with Crippen LogP contribution in [0.4, 0.5) is 5.69 Å². The maximum atomic E-state index is 4.82. The molecule has 0 bridgehead atoms. The van der Waals surface area contributed by atoms with Crippen LogP contribution in [0.15, 0.2) is 23.2 Å². The molecule has 0 aromatic heterocycles. The summed E-state index contributed by atoms with van der Waals surface area (Å²) in [6.07, 6.45) is 3.98. The Morgan fingerprint density at radius 1 is 1.06 bits per heavy atom. The molecule has 1 saturated heterocycles. The first-order valence-electron chi connectivity index (χ1n) is 6.55. The second-order valence-electron chi connectivity index (χ2n) is 4.95. The summed E-state index contributed by atoms with van der Waals surface area (Å²) < 4.78 is 0. The van der Waals surface area contributed by atoms with Crippen LogP contribution >= 0.6 is 0 Å². The largest absolute Gasteiger partial charge is 0.360 e. The van der Waals surface area contributed by atoms with Crippen LogP contribution in [-0.4, -0.2) is 23.8 Å². The molecule has 0 spiro atoms. The first-order chi connectivity index (χ1) is 8.18. The van der Waals surface area contributed by atoms with Gasteiger partial charge in [-0.1, -0.05) is 18.2 Å². The van der Waals surface area contributed by atoms with E-state index < -0.39 is 0 Å². The molecular weight excluding hydrogens is 208 g/mol. The molecule has 1 heterocycles. The van der Waals surface area contributed by atoms with E-state index >= 15 is 0 Å². The van der Waals surface area contributed by atoms with Crippen LogP contribution in [0.5, 0.6) is 0 Å². The lowest BCUT2D eigenvalue weighted by molar-refractivity contribution is 0.340. The lowest BCUT2D eigenvalue weighted by atomic mass is 10.1. The average molecular weight is 230 g/mol. The zero-order chi connectivity index (χ0) is 12.3. The molecule has 1 fully saturated rings. The highest BCUT2D eigenvalue weighted by Gasteiger charge is 2.11. The number of likely N-dealkylation sites (tertiary alicyclic amines) is 1. The van der Waals surface area contributed by atoms with Crippen LogP contribution in [0.25, 0.3) is 0 Å². The van der Waals surface area contributed by atoms with Gasteiger partial charge in [-0.15, -0.1) is 0 Å². The summed E-state index contributed by atoms with van der Waals surface area (Å²) in [7, 11) is 0. The lowest BCUT2D eigenvalue weighted by Crippen LogP contribution is -2.33. The Balaban J connectivity index is 2.22. The second kappa shape index (κ2) is 5.35. The summed E-state index contributed by atoms with van der Waals surface area (Å²) >= 11 is 0. The zero-order valence-electron chi connectivity index (χ0n) is 11.2. The van der Waals surface area contributed by atoms with Crippen molar-refractivity contribution in [1.29, 1.82) is 0 Å². The van der Waals surface area contributed by atoms with Crippen molar-refractivity contribution in [2.45, 2.75) is 40.0 Å². The first-order valence-corrected chi connectivity index (χ1v) is 6.55. The number of nitrogens with zero attached hydrogens (tertiary/aromatic N) is 2. The highest BCUT2D eigenvalue weighted by molar-refractivity contribution is 5.83. The highest BCUT2D eigenvalue weighted by atomic mass is 15.2. The third-order valence-corrected chi connectivity index (χ3v) is 3.53. The normalized spacial score (nSPS) is 17.4. The van der Waals surface area contributed by atoms with Crippen molar-refractivity contribution in [3.8, 4) is 0 Å².